The summed E-state index contributed by atoms with van der Waals surface area (Å²) in [5.74, 6) is -0.487. The lowest BCUT2D eigenvalue weighted by molar-refractivity contribution is 0.0516. The maximum absolute atomic E-state index is 13.5. The lowest BCUT2D eigenvalue weighted by Gasteiger charge is -2.12. The van der Waals surface area contributed by atoms with Gasteiger partial charge in [-0.05, 0) is 54.8 Å². The van der Waals surface area contributed by atoms with Gasteiger partial charge in [0.05, 0.1) is 24.1 Å². The Morgan fingerprint density at radius 3 is 2.52 bits per heavy atom. The van der Waals surface area contributed by atoms with Crippen LogP contribution in [0.25, 0.3) is 33.1 Å². The molecule has 0 saturated carbocycles. The fraction of sp³-hybridized carbons (Fsp3) is 0.241. The molecule has 0 fully saturated rings. The minimum atomic E-state index is -3.54. The zero-order chi connectivity index (χ0) is 28.3. The Bertz CT molecular complexity index is 1810. The van der Waals surface area contributed by atoms with Gasteiger partial charge in [-0.1, -0.05) is 43.7 Å². The number of unbranched alkanes of at least 4 members (excludes halogenated alkanes) is 1. The maximum Gasteiger partial charge on any atom is 0.355 e. The summed E-state index contributed by atoms with van der Waals surface area (Å²) >= 11 is 1.14. The molecule has 40 heavy (non-hydrogen) atoms. The number of sulfonamides is 1. The van der Waals surface area contributed by atoms with Crippen molar-refractivity contribution >= 4 is 61.6 Å². The Kier molecular flexibility index (Phi) is 7.95. The molecule has 5 aromatic rings. The number of benzene rings is 3. The Hall–Kier alpha value is -4.09. The molecule has 0 amide bonds. The summed E-state index contributed by atoms with van der Waals surface area (Å²) in [7, 11) is -3.54. The number of aldehydes is 1. The molecule has 11 heteroatoms. The fourth-order valence-corrected chi connectivity index (χ4v) is 6.46. The van der Waals surface area contributed by atoms with Crippen molar-refractivity contribution in [3.05, 3.63) is 77.5 Å². The molecule has 0 spiro atoms. The standard InChI is InChI=1S/C29H28N4O5S2/c1-3-5-14-40(36,37)32-22-11-13-26-23(16-22)27(21-9-6-19(18-34)7-10-21)28(29(35)38-4-2)33(26)17-20-8-12-24-25(15-20)31-39-30-24/h6-13,15-16,18,32H,3-5,14,17H2,1-2H3. The molecule has 3 aromatic carbocycles. The second-order valence-corrected chi connectivity index (χ2v) is 11.7. The van der Waals surface area contributed by atoms with Crippen molar-refractivity contribution < 1.29 is 22.7 Å². The largest absolute Gasteiger partial charge is 0.461 e. The molecule has 9 nitrogen and oxygen atoms in total. The van der Waals surface area contributed by atoms with Gasteiger partial charge in [-0.25, -0.2) is 13.2 Å². The van der Waals surface area contributed by atoms with Crippen LogP contribution in [0.2, 0.25) is 0 Å². The molecular formula is C29H28N4O5S2. The summed E-state index contributed by atoms with van der Waals surface area (Å²) in [5.41, 5.74) is 5.73. The molecule has 0 radical (unpaired) electrons. The maximum atomic E-state index is 13.5. The summed E-state index contributed by atoms with van der Waals surface area (Å²) in [5, 5.41) is 0.675. The number of fused-ring (bicyclic) bond motifs is 2. The highest BCUT2D eigenvalue weighted by Crippen LogP contribution is 2.38. The van der Waals surface area contributed by atoms with Gasteiger partial charge in [0.15, 0.2) is 0 Å². The van der Waals surface area contributed by atoms with Crippen molar-refractivity contribution in [3.63, 3.8) is 0 Å². The van der Waals surface area contributed by atoms with E-state index in [1.807, 2.05) is 35.8 Å². The molecule has 206 valence electrons. The quantitative estimate of drug-likeness (QED) is 0.154. The predicted molar refractivity (Wildman–Crippen MR) is 158 cm³/mol. The van der Waals surface area contributed by atoms with E-state index < -0.39 is 16.0 Å². The first kappa shape index (κ1) is 27.5. The van der Waals surface area contributed by atoms with Crippen LogP contribution in [0.5, 0.6) is 0 Å². The summed E-state index contributed by atoms with van der Waals surface area (Å²) < 4.78 is 44.0. The van der Waals surface area contributed by atoms with E-state index in [2.05, 4.69) is 13.5 Å². The third-order valence-electron chi connectivity index (χ3n) is 6.57. The second-order valence-electron chi connectivity index (χ2n) is 9.36. The van der Waals surface area contributed by atoms with Gasteiger partial charge < -0.3 is 9.30 Å². The van der Waals surface area contributed by atoms with E-state index in [9.17, 15) is 18.0 Å². The van der Waals surface area contributed by atoms with Gasteiger partial charge in [0.2, 0.25) is 10.0 Å². The lowest BCUT2D eigenvalue weighted by Crippen LogP contribution is -2.16. The minimum Gasteiger partial charge on any atom is -0.461 e. The normalized spacial score (nSPS) is 11.7. The molecule has 5 rings (SSSR count). The van der Waals surface area contributed by atoms with Crippen LogP contribution in [0, 0.1) is 0 Å². The molecule has 0 atom stereocenters. The van der Waals surface area contributed by atoms with Crippen molar-refractivity contribution in [2.24, 2.45) is 0 Å². The first-order chi connectivity index (χ1) is 19.3. The first-order valence-electron chi connectivity index (χ1n) is 12.9. The zero-order valence-electron chi connectivity index (χ0n) is 22.1. The van der Waals surface area contributed by atoms with Crippen LogP contribution in [0.3, 0.4) is 0 Å². The number of hydrogen-bond donors (Lipinski definition) is 1. The lowest BCUT2D eigenvalue weighted by atomic mass is 10.0. The number of esters is 1. The van der Waals surface area contributed by atoms with Crippen LogP contribution in [0.1, 0.15) is 53.1 Å². The molecule has 0 saturated heterocycles. The van der Waals surface area contributed by atoms with Crippen molar-refractivity contribution in [1.29, 1.82) is 0 Å². The van der Waals surface area contributed by atoms with E-state index >= 15 is 0 Å². The third-order valence-corrected chi connectivity index (χ3v) is 8.50. The van der Waals surface area contributed by atoms with E-state index in [1.165, 1.54) is 0 Å². The van der Waals surface area contributed by atoms with E-state index in [1.54, 1.807) is 43.3 Å². The summed E-state index contributed by atoms with van der Waals surface area (Å²) in [6.07, 6.45) is 2.06. The monoisotopic (exact) mass is 576 g/mol. The fourth-order valence-electron chi connectivity index (χ4n) is 4.69. The van der Waals surface area contributed by atoms with E-state index in [-0.39, 0.29) is 12.4 Å². The summed E-state index contributed by atoms with van der Waals surface area (Å²) in [4.78, 5) is 24.8. The molecule has 0 unspecified atom stereocenters. The Morgan fingerprint density at radius 2 is 1.80 bits per heavy atom. The van der Waals surface area contributed by atoms with Crippen LogP contribution in [0.15, 0.2) is 60.7 Å². The summed E-state index contributed by atoms with van der Waals surface area (Å²) in [6.45, 7) is 4.21. The number of hydrogen-bond acceptors (Lipinski definition) is 8. The predicted octanol–water partition coefficient (Wildman–Crippen LogP) is 5.89. The van der Waals surface area contributed by atoms with Gasteiger partial charge in [-0.2, -0.15) is 8.75 Å². The van der Waals surface area contributed by atoms with Gasteiger partial charge >= 0.3 is 5.97 Å². The molecule has 0 bridgehead atoms. The molecule has 2 heterocycles. The van der Waals surface area contributed by atoms with Crippen LogP contribution < -0.4 is 4.72 Å². The van der Waals surface area contributed by atoms with Crippen LogP contribution in [-0.4, -0.2) is 46.3 Å². The minimum absolute atomic E-state index is 0.0184. The van der Waals surface area contributed by atoms with Crippen molar-refractivity contribution in [2.75, 3.05) is 17.1 Å². The number of carbonyl (C=O) groups excluding carboxylic acids is 2. The average molecular weight is 577 g/mol. The van der Waals surface area contributed by atoms with Gasteiger partial charge in [0, 0.05) is 34.3 Å². The number of carbonyl (C=O) groups is 2. The second kappa shape index (κ2) is 11.6. The molecule has 0 aliphatic heterocycles. The molecule has 0 aliphatic carbocycles. The molecule has 2 aromatic heterocycles. The van der Waals surface area contributed by atoms with E-state index in [4.69, 9.17) is 4.74 Å². The highest BCUT2D eigenvalue weighted by molar-refractivity contribution is 7.92. The smallest absolute Gasteiger partial charge is 0.355 e. The number of aromatic nitrogens is 3. The third kappa shape index (κ3) is 5.61. The zero-order valence-corrected chi connectivity index (χ0v) is 23.7. The molecule has 1 N–H and O–H groups in total. The number of nitrogens with one attached hydrogen (secondary N) is 1. The van der Waals surface area contributed by atoms with Crippen molar-refractivity contribution in [2.45, 2.75) is 33.2 Å². The topological polar surface area (TPSA) is 120 Å². The Labute approximate surface area is 236 Å². The average Bonchev–Trinajstić information content (AvgIpc) is 3.54. The Morgan fingerprint density at radius 1 is 1.02 bits per heavy atom. The SMILES string of the molecule is CCCCS(=O)(=O)Nc1ccc2c(c1)c(-c1ccc(C=O)cc1)c(C(=O)OCC)n2Cc1ccc2nsnc2c1. The van der Waals surface area contributed by atoms with E-state index in [0.717, 1.165) is 46.5 Å². The van der Waals surface area contributed by atoms with Crippen LogP contribution >= 0.6 is 11.7 Å². The number of anilines is 1. The van der Waals surface area contributed by atoms with Gasteiger partial charge in [-0.15, -0.1) is 0 Å². The number of nitrogens with zero attached hydrogens (tertiary/aromatic N) is 3. The number of ether oxygens (including phenoxy) is 1. The molecule has 0 aliphatic rings. The highest BCUT2D eigenvalue weighted by atomic mass is 32.2. The first-order valence-corrected chi connectivity index (χ1v) is 15.3. The van der Waals surface area contributed by atoms with Crippen molar-refractivity contribution in [3.8, 4) is 11.1 Å². The van der Waals surface area contributed by atoms with Gasteiger partial charge in [0.25, 0.3) is 0 Å². The van der Waals surface area contributed by atoms with E-state index in [0.29, 0.717) is 46.4 Å². The molecular weight excluding hydrogens is 548 g/mol. The van der Waals surface area contributed by atoms with Crippen LogP contribution in [0.4, 0.5) is 5.69 Å². The van der Waals surface area contributed by atoms with Crippen LogP contribution in [-0.2, 0) is 21.3 Å². The Balaban J connectivity index is 1.73. The highest BCUT2D eigenvalue weighted by Gasteiger charge is 2.26. The van der Waals surface area contributed by atoms with Crippen molar-refractivity contribution in [1.82, 2.24) is 13.3 Å². The van der Waals surface area contributed by atoms with Gasteiger partial charge in [0.1, 0.15) is 23.0 Å². The van der Waals surface area contributed by atoms with Gasteiger partial charge in [-0.3, -0.25) is 9.52 Å². The number of rotatable bonds is 11. The summed E-state index contributed by atoms with van der Waals surface area (Å²) in [6, 6.07) is 17.9.